The number of fused-ring (bicyclic) bond motifs is 1. The van der Waals surface area contributed by atoms with E-state index in [1.807, 2.05) is 18.2 Å². The summed E-state index contributed by atoms with van der Waals surface area (Å²) < 4.78 is 6.21. The fraction of sp³-hybridized carbons (Fsp3) is 0.414. The lowest BCUT2D eigenvalue weighted by Gasteiger charge is -2.36. The number of Topliss-reactive ketones (excluding diaryl/α,β-unsaturated/α-hetero) is 1. The molecule has 0 amide bonds. The maximum absolute atomic E-state index is 12.6. The number of hydrogen-bond donors (Lipinski definition) is 0. The molecule has 0 N–H and O–H groups in total. The van der Waals surface area contributed by atoms with Crippen molar-refractivity contribution in [3.63, 3.8) is 0 Å². The molecule has 1 heterocycles. The standard InChI is InChI=1S/C29H36N2O2/c1-4-33-29(27-11-7-9-24-8-5-6-10-26(24)27)21-31-18-16-30(17-19-31)15-14-28(32)25-13-12-22(2)23(3)20-25/h5-13,20,29H,4,14-19,21H2,1-3H3. The molecule has 0 radical (unpaired) electrons. The van der Waals surface area contributed by atoms with Crippen LogP contribution in [0.4, 0.5) is 0 Å². The van der Waals surface area contributed by atoms with Gasteiger partial charge in [0.15, 0.2) is 5.78 Å². The van der Waals surface area contributed by atoms with E-state index in [0.717, 1.165) is 44.8 Å². The summed E-state index contributed by atoms with van der Waals surface area (Å²) in [5.74, 6) is 0.243. The Hall–Kier alpha value is -2.53. The lowest BCUT2D eigenvalue weighted by molar-refractivity contribution is 0.0191. The highest BCUT2D eigenvalue weighted by Gasteiger charge is 2.23. The molecule has 1 aliphatic rings. The van der Waals surface area contributed by atoms with E-state index in [4.69, 9.17) is 4.74 Å². The van der Waals surface area contributed by atoms with Crippen LogP contribution in [0.15, 0.2) is 60.7 Å². The van der Waals surface area contributed by atoms with Gasteiger partial charge >= 0.3 is 0 Å². The van der Waals surface area contributed by atoms with Crippen molar-refractivity contribution < 1.29 is 9.53 Å². The Kier molecular flexibility index (Phi) is 7.92. The van der Waals surface area contributed by atoms with E-state index in [1.165, 1.54) is 27.5 Å². The first-order chi connectivity index (χ1) is 16.0. The van der Waals surface area contributed by atoms with Gasteiger partial charge in [-0.2, -0.15) is 0 Å². The van der Waals surface area contributed by atoms with E-state index in [9.17, 15) is 4.79 Å². The zero-order valence-electron chi connectivity index (χ0n) is 20.2. The van der Waals surface area contributed by atoms with Gasteiger partial charge in [-0.3, -0.25) is 9.69 Å². The molecule has 1 atom stereocenters. The molecular formula is C29H36N2O2. The second kappa shape index (κ2) is 11.1. The smallest absolute Gasteiger partial charge is 0.164 e. The van der Waals surface area contributed by atoms with Gasteiger partial charge in [-0.15, -0.1) is 0 Å². The van der Waals surface area contributed by atoms with E-state index in [1.54, 1.807) is 0 Å². The molecule has 3 aromatic rings. The third-order valence-electron chi connectivity index (χ3n) is 6.91. The quantitative estimate of drug-likeness (QED) is 0.412. The van der Waals surface area contributed by atoms with Crippen LogP contribution in [0.1, 0.15) is 46.5 Å². The molecule has 0 saturated carbocycles. The highest BCUT2D eigenvalue weighted by atomic mass is 16.5. The molecule has 4 nitrogen and oxygen atoms in total. The normalized spacial score (nSPS) is 16.2. The van der Waals surface area contributed by atoms with E-state index >= 15 is 0 Å². The van der Waals surface area contributed by atoms with Crippen molar-refractivity contribution in [3.05, 3.63) is 82.9 Å². The highest BCUT2D eigenvalue weighted by Crippen LogP contribution is 2.28. The number of rotatable bonds is 9. The number of hydrogen-bond acceptors (Lipinski definition) is 4. The number of ketones is 1. The van der Waals surface area contributed by atoms with Crippen LogP contribution in [0.3, 0.4) is 0 Å². The number of ether oxygens (including phenoxy) is 1. The van der Waals surface area contributed by atoms with Crippen LogP contribution in [0, 0.1) is 13.8 Å². The Labute approximate surface area is 198 Å². The molecule has 0 bridgehead atoms. The maximum atomic E-state index is 12.6. The predicted molar refractivity (Wildman–Crippen MR) is 136 cm³/mol. The van der Waals surface area contributed by atoms with Crippen molar-refractivity contribution in [2.75, 3.05) is 45.9 Å². The molecule has 4 rings (SSSR count). The Balaban J connectivity index is 1.31. The Morgan fingerprint density at radius 3 is 2.39 bits per heavy atom. The van der Waals surface area contributed by atoms with Crippen LogP contribution in [0.25, 0.3) is 10.8 Å². The van der Waals surface area contributed by atoms with Gasteiger partial charge in [0.1, 0.15) is 0 Å². The molecule has 1 aliphatic heterocycles. The highest BCUT2D eigenvalue weighted by molar-refractivity contribution is 5.96. The summed E-state index contributed by atoms with van der Waals surface area (Å²) in [6.07, 6.45) is 0.652. The number of carbonyl (C=O) groups is 1. The van der Waals surface area contributed by atoms with E-state index in [0.29, 0.717) is 13.0 Å². The van der Waals surface area contributed by atoms with E-state index < -0.39 is 0 Å². The first kappa shape index (κ1) is 23.6. The summed E-state index contributed by atoms with van der Waals surface area (Å²) in [6, 6.07) is 21.1. The SMILES string of the molecule is CCOC(CN1CCN(CCC(=O)c2ccc(C)c(C)c2)CC1)c1cccc2ccccc12. The van der Waals surface area contributed by atoms with Crippen LogP contribution in [0.5, 0.6) is 0 Å². The van der Waals surface area contributed by atoms with Gasteiger partial charge in [-0.25, -0.2) is 0 Å². The molecule has 0 spiro atoms. The van der Waals surface area contributed by atoms with Crippen LogP contribution >= 0.6 is 0 Å². The fourth-order valence-electron chi connectivity index (χ4n) is 4.72. The van der Waals surface area contributed by atoms with Gasteiger partial charge in [-0.1, -0.05) is 54.6 Å². The minimum Gasteiger partial charge on any atom is -0.372 e. The van der Waals surface area contributed by atoms with Crippen LogP contribution < -0.4 is 0 Å². The largest absolute Gasteiger partial charge is 0.372 e. The lowest BCUT2D eigenvalue weighted by atomic mass is 9.99. The maximum Gasteiger partial charge on any atom is 0.164 e. The molecule has 33 heavy (non-hydrogen) atoms. The van der Waals surface area contributed by atoms with Gasteiger partial charge in [0.2, 0.25) is 0 Å². The first-order valence-electron chi connectivity index (χ1n) is 12.2. The zero-order valence-corrected chi connectivity index (χ0v) is 20.2. The fourth-order valence-corrected chi connectivity index (χ4v) is 4.72. The number of piperazine rings is 1. The molecule has 3 aromatic carbocycles. The van der Waals surface area contributed by atoms with Crippen molar-refractivity contribution in [2.24, 2.45) is 0 Å². The molecule has 0 aliphatic carbocycles. The number of aryl methyl sites for hydroxylation is 2. The summed E-state index contributed by atoms with van der Waals surface area (Å²) in [4.78, 5) is 17.6. The molecule has 174 valence electrons. The first-order valence-corrected chi connectivity index (χ1v) is 12.2. The van der Waals surface area contributed by atoms with Gasteiger partial charge in [0.05, 0.1) is 6.10 Å². The number of nitrogens with zero attached hydrogens (tertiary/aromatic N) is 2. The van der Waals surface area contributed by atoms with Crippen LogP contribution in [-0.2, 0) is 4.74 Å². The van der Waals surface area contributed by atoms with Gasteiger partial charge in [-0.05, 0) is 54.3 Å². The molecule has 1 unspecified atom stereocenters. The monoisotopic (exact) mass is 444 g/mol. The van der Waals surface area contributed by atoms with Crippen molar-refractivity contribution >= 4 is 16.6 Å². The molecule has 0 aromatic heterocycles. The molecule has 4 heteroatoms. The Bertz CT molecular complexity index is 1080. The topological polar surface area (TPSA) is 32.8 Å². The van der Waals surface area contributed by atoms with Gasteiger partial charge in [0, 0.05) is 57.9 Å². The average molecular weight is 445 g/mol. The third kappa shape index (κ3) is 5.89. The molecule has 1 fully saturated rings. The molecule has 1 saturated heterocycles. The second-order valence-corrected chi connectivity index (χ2v) is 9.13. The van der Waals surface area contributed by atoms with E-state index in [2.05, 4.69) is 73.0 Å². The predicted octanol–water partition coefficient (Wildman–Crippen LogP) is 5.42. The van der Waals surface area contributed by atoms with Crippen molar-refractivity contribution in [2.45, 2.75) is 33.3 Å². The molecular weight excluding hydrogens is 408 g/mol. The van der Waals surface area contributed by atoms with Crippen LogP contribution in [-0.4, -0.2) is 61.5 Å². The minimum atomic E-state index is 0.0685. The summed E-state index contributed by atoms with van der Waals surface area (Å²) in [5.41, 5.74) is 4.53. The Morgan fingerprint density at radius 2 is 1.64 bits per heavy atom. The average Bonchev–Trinajstić information content (AvgIpc) is 2.84. The van der Waals surface area contributed by atoms with Gasteiger partial charge in [0.25, 0.3) is 0 Å². The number of carbonyl (C=O) groups excluding carboxylic acids is 1. The van der Waals surface area contributed by atoms with Gasteiger partial charge < -0.3 is 9.64 Å². The second-order valence-electron chi connectivity index (χ2n) is 9.13. The van der Waals surface area contributed by atoms with E-state index in [-0.39, 0.29) is 11.9 Å². The number of benzene rings is 3. The summed E-state index contributed by atoms with van der Waals surface area (Å²) in [6.45, 7) is 12.7. The zero-order chi connectivity index (χ0) is 23.2. The summed E-state index contributed by atoms with van der Waals surface area (Å²) in [5, 5.41) is 2.54. The van der Waals surface area contributed by atoms with Crippen LogP contribution in [0.2, 0.25) is 0 Å². The summed E-state index contributed by atoms with van der Waals surface area (Å²) in [7, 11) is 0. The summed E-state index contributed by atoms with van der Waals surface area (Å²) >= 11 is 0. The lowest BCUT2D eigenvalue weighted by Crippen LogP contribution is -2.48. The minimum absolute atomic E-state index is 0.0685. The third-order valence-corrected chi connectivity index (χ3v) is 6.91. The van der Waals surface area contributed by atoms with Crippen molar-refractivity contribution in [1.82, 2.24) is 9.80 Å². The van der Waals surface area contributed by atoms with Crippen molar-refractivity contribution in [1.29, 1.82) is 0 Å². The van der Waals surface area contributed by atoms with Crippen molar-refractivity contribution in [3.8, 4) is 0 Å². The Morgan fingerprint density at radius 1 is 0.909 bits per heavy atom.